The molecular formula is C29H45N7O10. The van der Waals surface area contributed by atoms with Crippen LogP contribution in [-0.2, 0) is 40.0 Å². The molecule has 1 aromatic rings. The second kappa shape index (κ2) is 19.6. The number of nitrogens with two attached hydrogens (primary N) is 1. The maximum Gasteiger partial charge on any atom is 0.328 e. The van der Waals surface area contributed by atoms with Gasteiger partial charge in [0.25, 0.3) is 0 Å². The zero-order valence-corrected chi connectivity index (χ0v) is 26.3. The highest BCUT2D eigenvalue weighted by Gasteiger charge is 2.32. The van der Waals surface area contributed by atoms with E-state index >= 15 is 0 Å². The SMILES string of the molecule is CC(C)C[C@H](NC(=O)[C@@H](NC(=O)[C@H](Cc1ccc(O)cc1)NC(=O)CNC(=O)CN)C(C)C)C(=O)NCC(=O)N[C@@H](CO)C(=O)O. The zero-order valence-electron chi connectivity index (χ0n) is 26.3. The average Bonchev–Trinajstić information content (AvgIpc) is 2.99. The Kier molecular flexibility index (Phi) is 16.7. The zero-order chi connectivity index (χ0) is 35.0. The smallest absolute Gasteiger partial charge is 0.328 e. The number of carboxylic acids is 1. The molecule has 11 N–H and O–H groups in total. The van der Waals surface area contributed by atoms with Crippen molar-refractivity contribution in [1.82, 2.24) is 31.9 Å². The molecule has 0 spiro atoms. The number of rotatable bonds is 19. The van der Waals surface area contributed by atoms with Gasteiger partial charge in [-0.15, -0.1) is 0 Å². The quantitative estimate of drug-likeness (QED) is 0.0713. The molecule has 0 bridgehead atoms. The predicted octanol–water partition coefficient (Wildman–Crippen LogP) is -3.16. The lowest BCUT2D eigenvalue weighted by Gasteiger charge is -2.28. The van der Waals surface area contributed by atoms with Crippen LogP contribution in [0.2, 0.25) is 0 Å². The Bertz CT molecular complexity index is 1220. The third-order valence-corrected chi connectivity index (χ3v) is 6.49. The van der Waals surface area contributed by atoms with E-state index in [9.17, 15) is 38.7 Å². The minimum atomic E-state index is -1.56. The summed E-state index contributed by atoms with van der Waals surface area (Å²) in [6.45, 7) is 4.64. The minimum absolute atomic E-state index is 0.00920. The van der Waals surface area contributed by atoms with Crippen LogP contribution in [0, 0.1) is 11.8 Å². The van der Waals surface area contributed by atoms with E-state index in [4.69, 9.17) is 15.9 Å². The number of aliphatic hydroxyl groups excluding tert-OH is 1. The molecule has 0 aromatic heterocycles. The van der Waals surface area contributed by atoms with Crippen molar-refractivity contribution in [3.8, 4) is 5.75 Å². The number of phenolic OH excluding ortho intramolecular Hbond substituents is 1. The number of hydrogen-bond donors (Lipinski definition) is 10. The molecular weight excluding hydrogens is 606 g/mol. The van der Waals surface area contributed by atoms with Crippen molar-refractivity contribution < 1.29 is 48.9 Å². The summed E-state index contributed by atoms with van der Waals surface area (Å²) in [5.74, 6) is -6.39. The van der Waals surface area contributed by atoms with Crippen molar-refractivity contribution in [2.24, 2.45) is 17.6 Å². The molecule has 0 saturated heterocycles. The normalized spacial score (nSPS) is 13.5. The largest absolute Gasteiger partial charge is 0.508 e. The molecule has 0 aliphatic rings. The molecule has 6 amide bonds. The molecule has 46 heavy (non-hydrogen) atoms. The van der Waals surface area contributed by atoms with Crippen molar-refractivity contribution in [3.63, 3.8) is 0 Å². The van der Waals surface area contributed by atoms with Crippen LogP contribution in [0.25, 0.3) is 0 Å². The molecule has 1 aromatic carbocycles. The molecule has 0 fully saturated rings. The van der Waals surface area contributed by atoms with Gasteiger partial charge in [0.05, 0.1) is 26.2 Å². The number of hydrogen-bond acceptors (Lipinski definition) is 10. The van der Waals surface area contributed by atoms with E-state index < -0.39 is 91.2 Å². The molecule has 0 radical (unpaired) electrons. The molecule has 256 valence electrons. The lowest BCUT2D eigenvalue weighted by Crippen LogP contribution is -2.59. The molecule has 17 heteroatoms. The Balaban J connectivity index is 3.07. The Hall–Kier alpha value is -4.77. The number of carbonyl (C=O) groups is 7. The van der Waals surface area contributed by atoms with E-state index in [1.54, 1.807) is 39.8 Å². The van der Waals surface area contributed by atoms with Gasteiger partial charge in [-0.2, -0.15) is 0 Å². The van der Waals surface area contributed by atoms with Gasteiger partial charge in [0.15, 0.2) is 0 Å². The maximum atomic E-state index is 13.5. The summed E-state index contributed by atoms with van der Waals surface area (Å²) in [4.78, 5) is 86.9. The van der Waals surface area contributed by atoms with E-state index in [0.717, 1.165) is 0 Å². The van der Waals surface area contributed by atoms with Crippen molar-refractivity contribution >= 4 is 41.4 Å². The first-order valence-electron chi connectivity index (χ1n) is 14.6. The van der Waals surface area contributed by atoms with Gasteiger partial charge in [0.2, 0.25) is 35.4 Å². The number of aromatic hydroxyl groups is 1. The Morgan fingerprint density at radius 2 is 1.28 bits per heavy atom. The summed E-state index contributed by atoms with van der Waals surface area (Å²) in [7, 11) is 0. The second-order valence-corrected chi connectivity index (χ2v) is 11.3. The summed E-state index contributed by atoms with van der Waals surface area (Å²) >= 11 is 0. The first-order valence-corrected chi connectivity index (χ1v) is 14.6. The summed E-state index contributed by atoms with van der Waals surface area (Å²) in [5, 5.41) is 42.1. The molecule has 0 heterocycles. The number of aliphatic hydroxyl groups is 1. The Labute approximate surface area is 266 Å². The standard InChI is InChI=1S/C29H45N7O10/c1-15(2)9-19(26(42)32-13-24(41)34-21(14-37)29(45)46)35-28(44)25(16(3)4)36-27(43)20(10-17-5-7-18(38)8-6-17)33-23(40)12-31-22(39)11-30/h5-8,15-16,19-21,25,37-38H,9-14,30H2,1-4H3,(H,31,39)(H,32,42)(H,33,40)(H,34,41)(H,35,44)(H,36,43)(H,45,46)/t19-,20-,21-,25-/m0/s1. The summed E-state index contributed by atoms with van der Waals surface area (Å²) < 4.78 is 0. The monoisotopic (exact) mass is 651 g/mol. The van der Waals surface area contributed by atoms with Gasteiger partial charge < -0.3 is 53.0 Å². The third kappa shape index (κ3) is 14.3. The van der Waals surface area contributed by atoms with Gasteiger partial charge >= 0.3 is 5.97 Å². The summed E-state index contributed by atoms with van der Waals surface area (Å²) in [6, 6.07) is 0.829. The van der Waals surface area contributed by atoms with E-state index in [1.807, 2.05) is 0 Å². The van der Waals surface area contributed by atoms with Gasteiger partial charge in [-0.1, -0.05) is 39.8 Å². The molecule has 17 nitrogen and oxygen atoms in total. The number of benzene rings is 1. The van der Waals surface area contributed by atoms with E-state index in [1.165, 1.54) is 12.1 Å². The van der Waals surface area contributed by atoms with E-state index in [-0.39, 0.29) is 31.1 Å². The maximum absolute atomic E-state index is 13.5. The highest BCUT2D eigenvalue weighted by Crippen LogP contribution is 2.13. The molecule has 4 atom stereocenters. The highest BCUT2D eigenvalue weighted by atomic mass is 16.4. The lowest BCUT2D eigenvalue weighted by molar-refractivity contribution is -0.142. The van der Waals surface area contributed by atoms with Crippen molar-refractivity contribution in [1.29, 1.82) is 0 Å². The Morgan fingerprint density at radius 1 is 0.717 bits per heavy atom. The molecule has 0 saturated carbocycles. The van der Waals surface area contributed by atoms with Gasteiger partial charge in [-0.3, -0.25) is 28.8 Å². The van der Waals surface area contributed by atoms with Gasteiger partial charge in [-0.25, -0.2) is 4.79 Å². The van der Waals surface area contributed by atoms with Gasteiger partial charge in [0.1, 0.15) is 29.9 Å². The lowest BCUT2D eigenvalue weighted by atomic mass is 9.99. The number of carboxylic acid groups (broad SMARTS) is 1. The van der Waals surface area contributed by atoms with Gasteiger partial charge in [-0.05, 0) is 36.0 Å². The second-order valence-electron chi connectivity index (χ2n) is 11.3. The molecule has 0 unspecified atom stereocenters. The fourth-order valence-corrected chi connectivity index (χ4v) is 4.05. The first-order chi connectivity index (χ1) is 21.6. The Morgan fingerprint density at radius 3 is 1.78 bits per heavy atom. The van der Waals surface area contributed by atoms with Crippen molar-refractivity contribution in [3.05, 3.63) is 29.8 Å². The number of nitrogens with one attached hydrogen (secondary N) is 6. The van der Waals surface area contributed by atoms with Crippen LogP contribution < -0.4 is 37.6 Å². The fraction of sp³-hybridized carbons (Fsp3) is 0.552. The van der Waals surface area contributed by atoms with Crippen molar-refractivity contribution in [2.75, 3.05) is 26.2 Å². The number of aliphatic carboxylic acids is 1. The van der Waals surface area contributed by atoms with Crippen molar-refractivity contribution in [2.45, 2.75) is 64.7 Å². The van der Waals surface area contributed by atoms with Crippen LogP contribution in [0.3, 0.4) is 0 Å². The number of amides is 6. The highest BCUT2D eigenvalue weighted by molar-refractivity contribution is 5.96. The van der Waals surface area contributed by atoms with Crippen LogP contribution in [0.1, 0.15) is 39.7 Å². The third-order valence-electron chi connectivity index (χ3n) is 6.49. The van der Waals surface area contributed by atoms with Crippen LogP contribution in [-0.4, -0.2) is 107 Å². The van der Waals surface area contributed by atoms with Crippen LogP contribution in [0.15, 0.2) is 24.3 Å². The van der Waals surface area contributed by atoms with Crippen LogP contribution >= 0.6 is 0 Å². The molecule has 0 aliphatic carbocycles. The van der Waals surface area contributed by atoms with Gasteiger partial charge in [0, 0.05) is 6.42 Å². The predicted molar refractivity (Wildman–Crippen MR) is 164 cm³/mol. The summed E-state index contributed by atoms with van der Waals surface area (Å²) in [6.07, 6.45) is 0.120. The average molecular weight is 652 g/mol. The number of carbonyl (C=O) groups excluding carboxylic acids is 6. The molecule has 1 rings (SSSR count). The van der Waals surface area contributed by atoms with E-state index in [2.05, 4.69) is 31.9 Å². The minimum Gasteiger partial charge on any atom is -0.508 e. The number of phenols is 1. The van der Waals surface area contributed by atoms with Crippen LogP contribution in [0.4, 0.5) is 0 Å². The summed E-state index contributed by atoms with van der Waals surface area (Å²) in [5.41, 5.74) is 5.81. The topological polar surface area (TPSA) is 278 Å². The fourth-order valence-electron chi connectivity index (χ4n) is 4.05. The van der Waals surface area contributed by atoms with E-state index in [0.29, 0.717) is 5.56 Å². The first kappa shape index (κ1) is 39.3. The van der Waals surface area contributed by atoms with Crippen LogP contribution in [0.5, 0.6) is 5.75 Å². The molecule has 0 aliphatic heterocycles.